The van der Waals surface area contributed by atoms with Crippen molar-refractivity contribution in [3.8, 4) is 0 Å². The van der Waals surface area contributed by atoms with Crippen molar-refractivity contribution in [3.63, 3.8) is 0 Å². The Morgan fingerprint density at radius 3 is 2.25 bits per heavy atom. The van der Waals surface area contributed by atoms with Crippen molar-refractivity contribution in [3.05, 3.63) is 33.4 Å². The lowest BCUT2D eigenvalue weighted by Crippen LogP contribution is -2.21. The highest BCUT2D eigenvalue weighted by Crippen LogP contribution is 2.07. The summed E-state index contributed by atoms with van der Waals surface area (Å²) in [4.78, 5) is 33.9. The monoisotopic (exact) mass is 226 g/mol. The van der Waals surface area contributed by atoms with E-state index in [1.165, 1.54) is 6.92 Å². The standard InChI is InChI=1S/C10H10O6/c1-5-7(11)6(9(12)14-2)4-16-8(5)10(13)15-3/h4H,1-3H3. The van der Waals surface area contributed by atoms with Gasteiger partial charge in [-0.15, -0.1) is 0 Å². The topological polar surface area (TPSA) is 82.8 Å². The molecular formula is C10H10O6. The quantitative estimate of drug-likeness (QED) is 0.683. The number of hydrogen-bond acceptors (Lipinski definition) is 6. The van der Waals surface area contributed by atoms with Gasteiger partial charge in [0.1, 0.15) is 11.8 Å². The van der Waals surface area contributed by atoms with Gasteiger partial charge in [0.15, 0.2) is 0 Å². The Balaban J connectivity index is 3.35. The van der Waals surface area contributed by atoms with Crippen molar-refractivity contribution < 1.29 is 23.5 Å². The minimum absolute atomic E-state index is 0.00903. The van der Waals surface area contributed by atoms with E-state index in [1.807, 2.05) is 0 Å². The van der Waals surface area contributed by atoms with Crippen LogP contribution in [0, 0.1) is 6.92 Å². The van der Waals surface area contributed by atoms with Crippen LogP contribution in [0.1, 0.15) is 26.5 Å². The molecule has 0 atom stereocenters. The fraction of sp³-hybridized carbons (Fsp3) is 0.300. The van der Waals surface area contributed by atoms with E-state index in [0.29, 0.717) is 0 Å². The van der Waals surface area contributed by atoms with Crippen LogP contribution in [0.2, 0.25) is 0 Å². The Morgan fingerprint density at radius 2 is 1.75 bits per heavy atom. The predicted molar refractivity (Wildman–Crippen MR) is 52.4 cm³/mol. The molecule has 0 aliphatic carbocycles. The van der Waals surface area contributed by atoms with Gasteiger partial charge in [-0.2, -0.15) is 0 Å². The number of esters is 2. The molecule has 0 radical (unpaired) electrons. The van der Waals surface area contributed by atoms with Gasteiger partial charge in [0, 0.05) is 5.56 Å². The smallest absolute Gasteiger partial charge is 0.374 e. The zero-order valence-electron chi connectivity index (χ0n) is 9.03. The Morgan fingerprint density at radius 1 is 1.19 bits per heavy atom. The van der Waals surface area contributed by atoms with Gasteiger partial charge >= 0.3 is 11.9 Å². The lowest BCUT2D eigenvalue weighted by Gasteiger charge is -2.03. The van der Waals surface area contributed by atoms with Gasteiger partial charge in [-0.05, 0) is 6.92 Å². The van der Waals surface area contributed by atoms with E-state index in [9.17, 15) is 14.4 Å². The third kappa shape index (κ3) is 1.95. The Kier molecular flexibility index (Phi) is 3.44. The van der Waals surface area contributed by atoms with Crippen molar-refractivity contribution in [1.29, 1.82) is 0 Å². The summed E-state index contributed by atoms with van der Waals surface area (Å²) in [5.74, 6) is -1.81. The van der Waals surface area contributed by atoms with E-state index in [-0.39, 0.29) is 16.9 Å². The maximum Gasteiger partial charge on any atom is 0.374 e. The minimum Gasteiger partial charge on any atom is -0.465 e. The summed E-state index contributed by atoms with van der Waals surface area (Å²) in [6.07, 6.45) is 0.882. The second-order valence-electron chi connectivity index (χ2n) is 2.92. The highest BCUT2D eigenvalue weighted by molar-refractivity contribution is 5.91. The molecular weight excluding hydrogens is 216 g/mol. The minimum atomic E-state index is -0.812. The molecule has 1 rings (SSSR count). The SMILES string of the molecule is COC(=O)c1occ(C(=O)OC)c(=O)c1C. The van der Waals surface area contributed by atoms with Crippen molar-refractivity contribution in [2.24, 2.45) is 0 Å². The Labute approximate surface area is 90.8 Å². The van der Waals surface area contributed by atoms with Crippen molar-refractivity contribution >= 4 is 11.9 Å². The van der Waals surface area contributed by atoms with E-state index in [1.54, 1.807) is 0 Å². The van der Waals surface area contributed by atoms with Crippen molar-refractivity contribution in [1.82, 2.24) is 0 Å². The van der Waals surface area contributed by atoms with Gasteiger partial charge in [0.25, 0.3) is 0 Å². The molecule has 1 aromatic heterocycles. The number of rotatable bonds is 2. The molecule has 0 aliphatic rings. The normalized spacial score (nSPS) is 9.69. The molecule has 0 saturated carbocycles. The molecule has 0 fully saturated rings. The van der Waals surface area contributed by atoms with Crippen LogP contribution < -0.4 is 5.43 Å². The third-order valence-electron chi connectivity index (χ3n) is 2.00. The van der Waals surface area contributed by atoms with E-state index in [2.05, 4.69) is 9.47 Å². The molecule has 0 N–H and O–H groups in total. The lowest BCUT2D eigenvalue weighted by atomic mass is 10.1. The molecule has 0 aromatic carbocycles. The molecule has 1 aromatic rings. The van der Waals surface area contributed by atoms with Gasteiger partial charge < -0.3 is 13.9 Å². The lowest BCUT2D eigenvalue weighted by molar-refractivity contribution is 0.0547. The van der Waals surface area contributed by atoms with Crippen LogP contribution in [0.5, 0.6) is 0 Å². The predicted octanol–water partition coefficient (Wildman–Crippen LogP) is 0.521. The number of carbonyl (C=O) groups excluding carboxylic acids is 2. The van der Waals surface area contributed by atoms with Crippen LogP contribution in [0.15, 0.2) is 15.5 Å². The van der Waals surface area contributed by atoms with Crippen molar-refractivity contribution in [2.75, 3.05) is 14.2 Å². The van der Waals surface area contributed by atoms with Gasteiger partial charge in [0.05, 0.1) is 14.2 Å². The summed E-state index contributed by atoms with van der Waals surface area (Å²) >= 11 is 0. The first kappa shape index (κ1) is 12.0. The van der Waals surface area contributed by atoms with Crippen LogP contribution in [0.25, 0.3) is 0 Å². The van der Waals surface area contributed by atoms with E-state index in [0.717, 1.165) is 20.5 Å². The van der Waals surface area contributed by atoms with Crippen LogP contribution in [0.4, 0.5) is 0 Å². The van der Waals surface area contributed by atoms with Crippen LogP contribution in [-0.2, 0) is 9.47 Å². The molecule has 0 unspecified atom stereocenters. The van der Waals surface area contributed by atoms with Gasteiger partial charge in [-0.25, -0.2) is 9.59 Å². The second kappa shape index (κ2) is 4.61. The maximum atomic E-state index is 11.6. The first-order valence-corrected chi connectivity index (χ1v) is 4.32. The molecule has 6 nitrogen and oxygen atoms in total. The molecule has 0 spiro atoms. The zero-order chi connectivity index (χ0) is 12.3. The Bertz CT molecular complexity index is 485. The largest absolute Gasteiger partial charge is 0.465 e. The zero-order valence-corrected chi connectivity index (χ0v) is 9.03. The second-order valence-corrected chi connectivity index (χ2v) is 2.92. The molecule has 0 saturated heterocycles. The van der Waals surface area contributed by atoms with E-state index < -0.39 is 17.4 Å². The summed E-state index contributed by atoms with van der Waals surface area (Å²) in [7, 11) is 2.31. The molecule has 0 aliphatic heterocycles. The Hall–Kier alpha value is -2.11. The fourth-order valence-corrected chi connectivity index (χ4v) is 1.11. The molecule has 1 heterocycles. The molecule has 6 heteroatoms. The first-order chi connectivity index (χ1) is 7.52. The highest BCUT2D eigenvalue weighted by Gasteiger charge is 2.20. The van der Waals surface area contributed by atoms with Gasteiger partial charge in [-0.3, -0.25) is 4.79 Å². The van der Waals surface area contributed by atoms with Gasteiger partial charge in [-0.1, -0.05) is 0 Å². The summed E-state index contributed by atoms with van der Waals surface area (Å²) in [5.41, 5.74) is -0.860. The first-order valence-electron chi connectivity index (χ1n) is 4.32. The summed E-state index contributed by atoms with van der Waals surface area (Å²) in [6.45, 7) is 1.37. The summed E-state index contributed by atoms with van der Waals surface area (Å²) < 4.78 is 13.7. The molecule has 86 valence electrons. The average Bonchev–Trinajstić information content (AvgIpc) is 2.30. The number of hydrogen-bond donors (Lipinski definition) is 0. The van der Waals surface area contributed by atoms with E-state index in [4.69, 9.17) is 4.42 Å². The van der Waals surface area contributed by atoms with Crippen LogP contribution in [0.3, 0.4) is 0 Å². The van der Waals surface area contributed by atoms with Gasteiger partial charge in [0.2, 0.25) is 11.2 Å². The highest BCUT2D eigenvalue weighted by atomic mass is 16.5. The fourth-order valence-electron chi connectivity index (χ4n) is 1.11. The summed E-state index contributed by atoms with van der Waals surface area (Å²) in [5, 5.41) is 0. The summed E-state index contributed by atoms with van der Waals surface area (Å²) in [6, 6.07) is 0. The molecule has 0 amide bonds. The maximum absolute atomic E-state index is 11.6. The molecule has 16 heavy (non-hydrogen) atoms. The van der Waals surface area contributed by atoms with Crippen LogP contribution in [-0.4, -0.2) is 26.2 Å². The van der Waals surface area contributed by atoms with E-state index >= 15 is 0 Å². The van der Waals surface area contributed by atoms with Crippen LogP contribution >= 0.6 is 0 Å². The number of carbonyl (C=O) groups is 2. The number of methoxy groups -OCH3 is 2. The van der Waals surface area contributed by atoms with Crippen molar-refractivity contribution in [2.45, 2.75) is 6.92 Å². The number of ether oxygens (including phenoxy) is 2. The molecule has 0 bridgehead atoms. The average molecular weight is 226 g/mol. The third-order valence-corrected chi connectivity index (χ3v) is 2.00.